The van der Waals surface area contributed by atoms with Crippen LogP contribution in [0.2, 0.25) is 0 Å². The van der Waals surface area contributed by atoms with E-state index in [1.807, 2.05) is 30.4 Å². The first-order valence-corrected chi connectivity index (χ1v) is 16.1. The fourth-order valence-corrected chi connectivity index (χ4v) is 6.33. The summed E-state index contributed by atoms with van der Waals surface area (Å²) in [6.07, 6.45) is 5.70. The summed E-state index contributed by atoms with van der Waals surface area (Å²) in [6, 6.07) is 18.1. The number of nitrogens with zero attached hydrogens (tertiary/aromatic N) is 3. The zero-order valence-electron chi connectivity index (χ0n) is 27.9. The molecule has 0 N–H and O–H groups in total. The number of rotatable bonds is 12. The number of hydrogen-bond donors (Lipinski definition) is 0. The summed E-state index contributed by atoms with van der Waals surface area (Å²) in [7, 11) is 8.55. The van der Waals surface area contributed by atoms with Crippen molar-refractivity contribution < 1.29 is 33.0 Å². The molecule has 0 aliphatic carbocycles. The van der Waals surface area contributed by atoms with E-state index in [9.17, 15) is 4.79 Å². The molecule has 0 radical (unpaired) electrons. The van der Waals surface area contributed by atoms with Gasteiger partial charge in [-0.15, -0.1) is 0 Å². The van der Waals surface area contributed by atoms with Crippen molar-refractivity contribution in [2.24, 2.45) is 0 Å². The third-order valence-electron chi connectivity index (χ3n) is 9.32. The summed E-state index contributed by atoms with van der Waals surface area (Å²) in [6.45, 7) is 9.65. The average Bonchev–Trinajstić information content (AvgIpc) is 3.09. The highest BCUT2D eigenvalue weighted by Gasteiger charge is 2.35. The SMILES string of the molecule is COc1ccc(/C=C\c2cc(OC)c(OC)c(OC)c2)cc1OC(=O)CCCc1ccc(N2CC[N+]3(CCN(C)CC3)CC2)cc1. The Labute approximate surface area is 273 Å². The molecule has 2 saturated heterocycles. The molecular weight excluding hydrogens is 582 g/mol. The van der Waals surface area contributed by atoms with Crippen molar-refractivity contribution in [2.45, 2.75) is 19.3 Å². The van der Waals surface area contributed by atoms with Crippen molar-refractivity contribution in [2.75, 3.05) is 92.7 Å². The molecule has 2 aliphatic rings. The van der Waals surface area contributed by atoms with E-state index in [4.69, 9.17) is 23.7 Å². The van der Waals surface area contributed by atoms with E-state index < -0.39 is 0 Å². The highest BCUT2D eigenvalue weighted by Crippen LogP contribution is 2.39. The van der Waals surface area contributed by atoms with Crippen molar-refractivity contribution in [1.29, 1.82) is 0 Å². The van der Waals surface area contributed by atoms with Crippen LogP contribution in [0.3, 0.4) is 0 Å². The lowest BCUT2D eigenvalue weighted by atomic mass is 10.1. The van der Waals surface area contributed by atoms with Gasteiger partial charge in [0.15, 0.2) is 23.0 Å². The van der Waals surface area contributed by atoms with E-state index >= 15 is 0 Å². The number of quaternary nitrogens is 1. The Morgan fingerprint density at radius 3 is 1.91 bits per heavy atom. The molecule has 3 aromatic rings. The minimum atomic E-state index is -0.282. The molecular formula is C37H48N3O6+. The second kappa shape index (κ2) is 15.4. The molecule has 46 heavy (non-hydrogen) atoms. The molecule has 5 rings (SSSR count). The molecule has 9 heteroatoms. The molecule has 246 valence electrons. The minimum Gasteiger partial charge on any atom is -0.493 e. The second-order valence-electron chi connectivity index (χ2n) is 12.2. The highest BCUT2D eigenvalue weighted by molar-refractivity contribution is 5.76. The van der Waals surface area contributed by atoms with Gasteiger partial charge in [-0.1, -0.05) is 30.4 Å². The van der Waals surface area contributed by atoms with E-state index in [2.05, 4.69) is 41.1 Å². The Balaban J connectivity index is 1.12. The highest BCUT2D eigenvalue weighted by atomic mass is 16.6. The van der Waals surface area contributed by atoms with Crippen molar-refractivity contribution in [3.05, 3.63) is 71.3 Å². The zero-order valence-corrected chi connectivity index (χ0v) is 27.9. The number of hydrogen-bond acceptors (Lipinski definition) is 8. The summed E-state index contributed by atoms with van der Waals surface area (Å²) < 4.78 is 28.8. The van der Waals surface area contributed by atoms with E-state index in [1.54, 1.807) is 40.6 Å². The molecule has 3 aromatic carbocycles. The van der Waals surface area contributed by atoms with Crippen LogP contribution in [-0.2, 0) is 11.2 Å². The standard InChI is InChI=1S/C37H48N3O6/c1-38-17-21-40(22-18-38)23-19-39(20-24-40)31-14-11-28(12-15-31)7-6-8-36(41)46-33-25-29(13-16-32(33)42-2)9-10-30-26-34(43-3)37(45-5)35(27-30)44-4/h9-16,25-27H,6-8,17-24H2,1-5H3/q+1/b10-9-. The monoisotopic (exact) mass is 630 g/mol. The van der Waals surface area contributed by atoms with Gasteiger partial charge < -0.3 is 33.1 Å². The zero-order chi connectivity index (χ0) is 32.5. The van der Waals surface area contributed by atoms with Gasteiger partial charge in [0, 0.05) is 25.2 Å². The summed E-state index contributed by atoms with van der Waals surface area (Å²) in [5.74, 6) is 2.30. The summed E-state index contributed by atoms with van der Waals surface area (Å²) in [5.41, 5.74) is 4.24. The summed E-state index contributed by atoms with van der Waals surface area (Å²) in [4.78, 5) is 17.8. The first kappa shape index (κ1) is 33.2. The second-order valence-corrected chi connectivity index (χ2v) is 12.2. The molecule has 0 amide bonds. The smallest absolute Gasteiger partial charge is 0.311 e. The van der Waals surface area contributed by atoms with Gasteiger partial charge in [0.2, 0.25) is 5.75 Å². The molecule has 9 nitrogen and oxygen atoms in total. The van der Waals surface area contributed by atoms with E-state index in [1.165, 1.54) is 55.0 Å². The number of carbonyl (C=O) groups is 1. The van der Waals surface area contributed by atoms with Crippen LogP contribution in [-0.4, -0.2) is 103 Å². The lowest BCUT2D eigenvalue weighted by Crippen LogP contribution is -2.65. The molecule has 0 saturated carbocycles. The first-order valence-electron chi connectivity index (χ1n) is 16.1. The molecule has 0 aromatic heterocycles. The van der Waals surface area contributed by atoms with Gasteiger partial charge in [0.25, 0.3) is 0 Å². The maximum atomic E-state index is 12.8. The number of anilines is 1. The van der Waals surface area contributed by atoms with E-state index in [0.29, 0.717) is 41.6 Å². The van der Waals surface area contributed by atoms with Crippen molar-refractivity contribution >= 4 is 23.8 Å². The number of ether oxygens (including phenoxy) is 5. The number of methoxy groups -OCH3 is 4. The average molecular weight is 631 g/mol. The number of piperazine rings is 2. The van der Waals surface area contributed by atoms with Gasteiger partial charge in [-0.05, 0) is 73.0 Å². The van der Waals surface area contributed by atoms with Gasteiger partial charge in [-0.2, -0.15) is 0 Å². The molecule has 2 aliphatic heterocycles. The van der Waals surface area contributed by atoms with E-state index in [0.717, 1.165) is 30.6 Å². The summed E-state index contributed by atoms with van der Waals surface area (Å²) in [5, 5.41) is 0. The van der Waals surface area contributed by atoms with Crippen LogP contribution in [0.25, 0.3) is 12.2 Å². The number of carbonyl (C=O) groups excluding carboxylic acids is 1. The Morgan fingerprint density at radius 1 is 0.717 bits per heavy atom. The van der Waals surface area contributed by atoms with Crippen LogP contribution < -0.4 is 28.6 Å². The van der Waals surface area contributed by atoms with Crippen molar-refractivity contribution in [3.63, 3.8) is 0 Å². The largest absolute Gasteiger partial charge is 0.493 e. The van der Waals surface area contributed by atoms with Crippen LogP contribution in [0.15, 0.2) is 54.6 Å². The minimum absolute atomic E-state index is 0.282. The first-order chi connectivity index (χ1) is 22.3. The Morgan fingerprint density at radius 2 is 1.30 bits per heavy atom. The molecule has 2 heterocycles. The Kier molecular flexibility index (Phi) is 11.1. The van der Waals surface area contributed by atoms with Gasteiger partial charge in [0.1, 0.15) is 0 Å². The van der Waals surface area contributed by atoms with Gasteiger partial charge in [-0.25, -0.2) is 0 Å². The Hall–Kier alpha value is -4.21. The maximum Gasteiger partial charge on any atom is 0.311 e. The number of likely N-dealkylation sites (N-methyl/N-ethyl adjacent to an activating group) is 1. The third kappa shape index (κ3) is 8.13. The lowest BCUT2D eigenvalue weighted by molar-refractivity contribution is -0.932. The van der Waals surface area contributed by atoms with Crippen LogP contribution >= 0.6 is 0 Å². The fourth-order valence-electron chi connectivity index (χ4n) is 6.33. The molecule has 2 fully saturated rings. The van der Waals surface area contributed by atoms with Crippen LogP contribution in [0, 0.1) is 0 Å². The maximum absolute atomic E-state index is 12.8. The number of benzene rings is 3. The predicted molar refractivity (Wildman–Crippen MR) is 182 cm³/mol. The van der Waals surface area contributed by atoms with Crippen molar-refractivity contribution in [1.82, 2.24) is 4.90 Å². The van der Waals surface area contributed by atoms with Crippen LogP contribution in [0.5, 0.6) is 28.7 Å². The van der Waals surface area contributed by atoms with E-state index in [-0.39, 0.29) is 5.97 Å². The normalized spacial score (nSPS) is 16.4. The van der Waals surface area contributed by atoms with Crippen molar-refractivity contribution in [3.8, 4) is 28.7 Å². The lowest BCUT2D eigenvalue weighted by Gasteiger charge is -2.49. The third-order valence-corrected chi connectivity index (χ3v) is 9.32. The predicted octanol–water partition coefficient (Wildman–Crippen LogP) is 5.40. The summed E-state index contributed by atoms with van der Waals surface area (Å²) >= 11 is 0. The molecule has 0 unspecified atom stereocenters. The van der Waals surface area contributed by atoms with Gasteiger partial charge in [0.05, 0.1) is 67.7 Å². The fraction of sp³-hybridized carbons (Fsp3) is 0.432. The molecule has 0 atom stereocenters. The quantitative estimate of drug-likeness (QED) is 0.114. The van der Waals surface area contributed by atoms with Gasteiger partial charge in [-0.3, -0.25) is 9.69 Å². The number of aryl methyl sites for hydroxylation is 1. The Bertz CT molecular complexity index is 1460. The molecule has 0 bridgehead atoms. The van der Waals surface area contributed by atoms with Crippen LogP contribution in [0.1, 0.15) is 29.5 Å². The van der Waals surface area contributed by atoms with Gasteiger partial charge >= 0.3 is 5.97 Å². The molecule has 1 spiro atoms. The number of esters is 1. The topological polar surface area (TPSA) is 69.7 Å². The van der Waals surface area contributed by atoms with Crippen LogP contribution in [0.4, 0.5) is 5.69 Å².